The molecule has 2 aromatic rings. The molecule has 1 aliphatic rings. The molecule has 35 heavy (non-hydrogen) atoms. The zero-order chi connectivity index (χ0) is 25.4. The second kappa shape index (κ2) is 12.0. The minimum absolute atomic E-state index is 0.169. The SMILES string of the molecule is CCCCOc1ccc(C2=NC(C)(C)N=C2SCC(=O)Nc2cc(OC)c(OC)c(OC)c2)cc1. The van der Waals surface area contributed by atoms with Crippen LogP contribution < -0.4 is 24.3 Å². The molecule has 0 spiro atoms. The van der Waals surface area contributed by atoms with Crippen LogP contribution in [0, 0.1) is 0 Å². The Labute approximate surface area is 211 Å². The molecule has 0 radical (unpaired) electrons. The number of ether oxygens (including phenoxy) is 4. The van der Waals surface area contributed by atoms with Crippen LogP contribution >= 0.6 is 11.8 Å². The monoisotopic (exact) mass is 499 g/mol. The maximum Gasteiger partial charge on any atom is 0.234 e. The van der Waals surface area contributed by atoms with Crippen LogP contribution in [0.25, 0.3) is 0 Å². The number of nitrogens with one attached hydrogen (secondary N) is 1. The van der Waals surface area contributed by atoms with Gasteiger partial charge in [-0.3, -0.25) is 9.79 Å². The average molecular weight is 500 g/mol. The van der Waals surface area contributed by atoms with Crippen molar-refractivity contribution in [2.45, 2.75) is 39.3 Å². The summed E-state index contributed by atoms with van der Waals surface area (Å²) >= 11 is 1.35. The van der Waals surface area contributed by atoms with Crippen LogP contribution in [-0.4, -0.2) is 56.0 Å². The molecule has 0 bridgehead atoms. The molecular formula is C26H33N3O5S. The van der Waals surface area contributed by atoms with Crippen molar-refractivity contribution in [3.63, 3.8) is 0 Å². The summed E-state index contributed by atoms with van der Waals surface area (Å²) in [6, 6.07) is 11.2. The van der Waals surface area contributed by atoms with E-state index in [0.717, 1.165) is 34.9 Å². The molecule has 1 N–H and O–H groups in total. The largest absolute Gasteiger partial charge is 0.494 e. The molecule has 2 aromatic carbocycles. The van der Waals surface area contributed by atoms with Crippen molar-refractivity contribution < 1.29 is 23.7 Å². The van der Waals surface area contributed by atoms with Gasteiger partial charge in [-0.05, 0) is 44.5 Å². The molecule has 0 unspecified atom stereocenters. The van der Waals surface area contributed by atoms with E-state index in [0.29, 0.717) is 29.5 Å². The number of nitrogens with zero attached hydrogens (tertiary/aromatic N) is 2. The summed E-state index contributed by atoms with van der Waals surface area (Å²) in [6.45, 7) is 6.72. The Morgan fingerprint density at radius 3 is 2.23 bits per heavy atom. The first-order valence-corrected chi connectivity index (χ1v) is 12.4. The van der Waals surface area contributed by atoms with Gasteiger partial charge in [-0.15, -0.1) is 0 Å². The third-order valence-electron chi connectivity index (χ3n) is 5.15. The van der Waals surface area contributed by atoms with Crippen LogP contribution in [0.15, 0.2) is 46.4 Å². The lowest BCUT2D eigenvalue weighted by atomic mass is 10.1. The van der Waals surface area contributed by atoms with E-state index >= 15 is 0 Å². The molecule has 0 atom stereocenters. The molecule has 0 aromatic heterocycles. The van der Waals surface area contributed by atoms with Gasteiger partial charge in [-0.1, -0.05) is 25.1 Å². The number of anilines is 1. The molecule has 0 saturated carbocycles. The second-order valence-corrected chi connectivity index (χ2v) is 9.31. The fourth-order valence-electron chi connectivity index (χ4n) is 3.46. The van der Waals surface area contributed by atoms with E-state index in [9.17, 15) is 4.79 Å². The summed E-state index contributed by atoms with van der Waals surface area (Å²) in [5.41, 5.74) is 1.68. The van der Waals surface area contributed by atoms with Crippen LogP contribution in [-0.2, 0) is 4.79 Å². The molecule has 0 saturated heterocycles. The number of benzene rings is 2. The van der Waals surface area contributed by atoms with Crippen LogP contribution in [0.3, 0.4) is 0 Å². The van der Waals surface area contributed by atoms with Crippen molar-refractivity contribution in [1.29, 1.82) is 0 Å². The molecule has 188 valence electrons. The van der Waals surface area contributed by atoms with E-state index in [4.69, 9.17) is 28.9 Å². The Bertz CT molecular complexity index is 1070. The summed E-state index contributed by atoms with van der Waals surface area (Å²) in [4.78, 5) is 22.2. The maximum absolute atomic E-state index is 12.7. The predicted octanol–water partition coefficient (Wildman–Crippen LogP) is 5.20. The van der Waals surface area contributed by atoms with Crippen LogP contribution in [0.1, 0.15) is 39.2 Å². The normalized spacial score (nSPS) is 14.1. The van der Waals surface area contributed by atoms with E-state index in [-0.39, 0.29) is 11.7 Å². The molecule has 8 nitrogen and oxygen atoms in total. The maximum atomic E-state index is 12.7. The lowest BCUT2D eigenvalue weighted by Crippen LogP contribution is -2.18. The first kappa shape index (κ1) is 26.4. The van der Waals surface area contributed by atoms with Crippen LogP contribution in [0.2, 0.25) is 0 Å². The standard InChI is InChI=1S/C26H33N3O5S/c1-7-8-13-34-19-11-9-17(10-12-19)23-25(29-26(2,3)28-23)35-16-22(30)27-18-14-20(31-4)24(33-6)21(15-18)32-5/h9-12,14-15H,7-8,13,16H2,1-6H3,(H,27,30). The fraction of sp³-hybridized carbons (Fsp3) is 0.423. The topological polar surface area (TPSA) is 90.7 Å². The number of carbonyl (C=O) groups excluding carboxylic acids is 1. The third-order valence-corrected chi connectivity index (χ3v) is 6.11. The lowest BCUT2D eigenvalue weighted by Gasteiger charge is -2.14. The van der Waals surface area contributed by atoms with Gasteiger partial charge in [0.05, 0.1) is 39.4 Å². The Balaban J connectivity index is 1.67. The first-order chi connectivity index (χ1) is 16.8. The molecule has 1 heterocycles. The summed E-state index contributed by atoms with van der Waals surface area (Å²) < 4.78 is 21.8. The zero-order valence-corrected chi connectivity index (χ0v) is 22.0. The Kier molecular flexibility index (Phi) is 9.03. The minimum Gasteiger partial charge on any atom is -0.494 e. The highest BCUT2D eigenvalue weighted by Crippen LogP contribution is 2.40. The van der Waals surface area contributed by atoms with Gasteiger partial charge in [0.1, 0.15) is 16.5 Å². The van der Waals surface area contributed by atoms with Crippen molar-refractivity contribution >= 4 is 34.1 Å². The number of hydrogen-bond acceptors (Lipinski definition) is 8. The molecule has 1 aliphatic heterocycles. The molecule has 0 aliphatic carbocycles. The number of thioether (sulfide) groups is 1. The summed E-state index contributed by atoms with van der Waals surface area (Å²) in [5.74, 6) is 2.21. The van der Waals surface area contributed by atoms with Gasteiger partial charge in [0.25, 0.3) is 0 Å². The molecule has 0 fully saturated rings. The number of amides is 1. The van der Waals surface area contributed by atoms with E-state index in [1.54, 1.807) is 12.1 Å². The molecular weight excluding hydrogens is 466 g/mol. The molecule has 9 heteroatoms. The average Bonchev–Trinajstić information content (AvgIpc) is 3.17. The van der Waals surface area contributed by atoms with E-state index in [1.807, 2.05) is 38.1 Å². The zero-order valence-electron chi connectivity index (χ0n) is 21.1. The molecule has 1 amide bonds. The Morgan fingerprint density at radius 1 is 1.00 bits per heavy atom. The summed E-state index contributed by atoms with van der Waals surface area (Å²) in [6.07, 6.45) is 2.11. The fourth-order valence-corrected chi connectivity index (χ4v) is 4.39. The van der Waals surface area contributed by atoms with Gasteiger partial charge >= 0.3 is 0 Å². The highest BCUT2D eigenvalue weighted by molar-refractivity contribution is 8.16. The van der Waals surface area contributed by atoms with Crippen molar-refractivity contribution in [2.24, 2.45) is 9.98 Å². The number of unbranched alkanes of at least 4 members (excludes halogenated alkanes) is 1. The van der Waals surface area contributed by atoms with Gasteiger partial charge in [-0.25, -0.2) is 4.99 Å². The number of hydrogen-bond donors (Lipinski definition) is 1. The highest BCUT2D eigenvalue weighted by Gasteiger charge is 2.28. The highest BCUT2D eigenvalue weighted by atomic mass is 32.2. The van der Waals surface area contributed by atoms with Crippen molar-refractivity contribution in [3.8, 4) is 23.0 Å². The smallest absolute Gasteiger partial charge is 0.234 e. The minimum atomic E-state index is -0.582. The lowest BCUT2D eigenvalue weighted by molar-refractivity contribution is -0.113. The van der Waals surface area contributed by atoms with E-state index in [2.05, 4.69) is 12.2 Å². The Hall–Kier alpha value is -3.20. The van der Waals surface area contributed by atoms with Gasteiger partial charge in [0.15, 0.2) is 11.5 Å². The van der Waals surface area contributed by atoms with Gasteiger partial charge < -0.3 is 24.3 Å². The number of rotatable bonds is 11. The van der Waals surface area contributed by atoms with Crippen LogP contribution in [0.5, 0.6) is 23.0 Å². The third kappa shape index (κ3) is 6.91. The van der Waals surface area contributed by atoms with Crippen LogP contribution in [0.4, 0.5) is 5.69 Å². The summed E-state index contributed by atoms with van der Waals surface area (Å²) in [7, 11) is 4.60. The number of carbonyl (C=O) groups is 1. The van der Waals surface area contributed by atoms with Crippen molar-refractivity contribution in [1.82, 2.24) is 0 Å². The van der Waals surface area contributed by atoms with Gasteiger partial charge in [0.2, 0.25) is 11.7 Å². The Morgan fingerprint density at radius 2 is 1.66 bits per heavy atom. The van der Waals surface area contributed by atoms with Crippen molar-refractivity contribution in [3.05, 3.63) is 42.0 Å². The second-order valence-electron chi connectivity index (χ2n) is 8.35. The summed E-state index contributed by atoms with van der Waals surface area (Å²) in [5, 5.41) is 3.62. The van der Waals surface area contributed by atoms with Gasteiger partial charge in [-0.2, -0.15) is 0 Å². The van der Waals surface area contributed by atoms with Crippen molar-refractivity contribution in [2.75, 3.05) is 39.0 Å². The van der Waals surface area contributed by atoms with E-state index in [1.165, 1.54) is 33.1 Å². The predicted molar refractivity (Wildman–Crippen MR) is 142 cm³/mol. The van der Waals surface area contributed by atoms with E-state index < -0.39 is 5.66 Å². The number of aliphatic imine (C=N–C) groups is 2. The molecule has 3 rings (SSSR count). The first-order valence-electron chi connectivity index (χ1n) is 11.5. The van der Waals surface area contributed by atoms with Gasteiger partial charge in [0, 0.05) is 23.4 Å². The quantitative estimate of drug-likeness (QED) is 0.427. The number of methoxy groups -OCH3 is 3.